The van der Waals surface area contributed by atoms with Gasteiger partial charge in [0.05, 0.1) is 19.8 Å². The van der Waals surface area contributed by atoms with E-state index in [1.165, 1.54) is 32.1 Å². The molecule has 0 heterocycles. The van der Waals surface area contributed by atoms with Crippen molar-refractivity contribution in [2.75, 3.05) is 14.2 Å². The van der Waals surface area contributed by atoms with Gasteiger partial charge in [0.15, 0.2) is 5.78 Å². The number of phenols is 1. The molecule has 202 valence electrons. The molecule has 0 fully saturated rings. The van der Waals surface area contributed by atoms with E-state index in [1.54, 1.807) is 49.6 Å². The molecule has 0 saturated heterocycles. The summed E-state index contributed by atoms with van der Waals surface area (Å²) in [6.07, 6.45) is 8.59. The third kappa shape index (κ3) is 10.1. The van der Waals surface area contributed by atoms with E-state index in [0.29, 0.717) is 11.3 Å². The number of carbonyl (C=O) groups is 2. The number of ketones is 1. The van der Waals surface area contributed by atoms with Crippen molar-refractivity contribution in [2.45, 2.75) is 52.1 Å². The minimum Gasteiger partial charge on any atom is -0.507 e. The van der Waals surface area contributed by atoms with Crippen molar-refractivity contribution >= 4 is 17.8 Å². The van der Waals surface area contributed by atoms with Gasteiger partial charge < -0.3 is 19.3 Å². The fraction of sp³-hybridized carbons (Fsp3) is 0.312. The van der Waals surface area contributed by atoms with Gasteiger partial charge in [-0.1, -0.05) is 69.2 Å². The van der Waals surface area contributed by atoms with Crippen LogP contribution in [0.4, 0.5) is 0 Å². The molecule has 3 rings (SSSR count). The van der Waals surface area contributed by atoms with Crippen LogP contribution in [-0.4, -0.2) is 37.2 Å². The van der Waals surface area contributed by atoms with Gasteiger partial charge in [0, 0.05) is 17.7 Å². The highest BCUT2D eigenvalue weighted by molar-refractivity contribution is 6.10. The maximum atomic E-state index is 12.1. The van der Waals surface area contributed by atoms with Crippen molar-refractivity contribution in [3.05, 3.63) is 95.6 Å². The van der Waals surface area contributed by atoms with Crippen LogP contribution in [0.3, 0.4) is 0 Å². The van der Waals surface area contributed by atoms with Gasteiger partial charge in [0.25, 0.3) is 0 Å². The lowest BCUT2D eigenvalue weighted by molar-refractivity contribution is -0.143. The monoisotopic (exact) mass is 518 g/mol. The smallest absolute Gasteiger partial charge is 0.331 e. The van der Waals surface area contributed by atoms with Crippen LogP contribution in [-0.2, 0) is 9.53 Å². The standard InChI is InChI=1S/C18H26O3.C14H12O3/c1-4-6-7-8-16(5-2)21-18(19)14-11-15-9-12-17(20-3)13-10-15;1-17-11-7-8-12(13(15)9-11)14(16)10-5-3-2-4-6-10/h9-14,16H,4-8H2,1-3H3;2-9,15H,1H3/b14-11+;. The lowest BCUT2D eigenvalue weighted by atomic mass is 10.0. The van der Waals surface area contributed by atoms with Crippen molar-refractivity contribution in [3.8, 4) is 17.2 Å². The Morgan fingerprint density at radius 2 is 1.53 bits per heavy atom. The largest absolute Gasteiger partial charge is 0.507 e. The average Bonchev–Trinajstić information content (AvgIpc) is 2.96. The first-order chi connectivity index (χ1) is 18.4. The third-order valence-electron chi connectivity index (χ3n) is 5.88. The number of ether oxygens (including phenoxy) is 3. The van der Waals surface area contributed by atoms with E-state index in [1.807, 2.05) is 30.3 Å². The molecule has 0 amide bonds. The molecule has 1 atom stereocenters. The van der Waals surface area contributed by atoms with Gasteiger partial charge >= 0.3 is 5.97 Å². The molecule has 3 aromatic carbocycles. The fourth-order valence-electron chi connectivity index (χ4n) is 3.63. The first-order valence-electron chi connectivity index (χ1n) is 12.9. The summed E-state index contributed by atoms with van der Waals surface area (Å²) < 4.78 is 15.5. The summed E-state index contributed by atoms with van der Waals surface area (Å²) in [5.41, 5.74) is 1.77. The molecule has 0 aromatic heterocycles. The van der Waals surface area contributed by atoms with E-state index >= 15 is 0 Å². The SMILES string of the molecule is CCCCCC(CC)OC(=O)/C=C/c1ccc(OC)cc1.COc1ccc(C(=O)c2ccccc2)c(O)c1. The zero-order valence-corrected chi connectivity index (χ0v) is 22.7. The minimum absolute atomic E-state index is 0.0320. The first-order valence-corrected chi connectivity index (χ1v) is 12.9. The number of rotatable bonds is 12. The number of unbranched alkanes of at least 4 members (excludes halogenated alkanes) is 2. The highest BCUT2D eigenvalue weighted by atomic mass is 16.5. The zero-order valence-electron chi connectivity index (χ0n) is 22.7. The molecule has 1 unspecified atom stereocenters. The highest BCUT2D eigenvalue weighted by Crippen LogP contribution is 2.25. The van der Waals surface area contributed by atoms with Crippen molar-refractivity contribution < 1.29 is 28.9 Å². The molecule has 0 bridgehead atoms. The molecule has 1 N–H and O–H groups in total. The minimum atomic E-state index is -0.269. The molecule has 0 saturated carbocycles. The first kappa shape index (κ1) is 30.2. The van der Waals surface area contributed by atoms with E-state index in [9.17, 15) is 14.7 Å². The second kappa shape index (κ2) is 16.6. The number of esters is 1. The van der Waals surface area contributed by atoms with E-state index in [0.717, 1.165) is 30.6 Å². The Morgan fingerprint density at radius 1 is 0.868 bits per heavy atom. The van der Waals surface area contributed by atoms with Crippen LogP contribution in [0.5, 0.6) is 17.2 Å². The van der Waals surface area contributed by atoms with Gasteiger partial charge in [-0.2, -0.15) is 0 Å². The van der Waals surface area contributed by atoms with E-state index in [-0.39, 0.29) is 29.2 Å². The van der Waals surface area contributed by atoms with E-state index in [4.69, 9.17) is 14.2 Å². The number of benzene rings is 3. The summed E-state index contributed by atoms with van der Waals surface area (Å²) in [6, 6.07) is 21.0. The molecule has 6 nitrogen and oxygen atoms in total. The molecular weight excluding hydrogens is 480 g/mol. The molecule has 0 spiro atoms. The maximum Gasteiger partial charge on any atom is 0.331 e. The Morgan fingerprint density at radius 3 is 2.11 bits per heavy atom. The van der Waals surface area contributed by atoms with Gasteiger partial charge in [0.2, 0.25) is 0 Å². The summed E-state index contributed by atoms with van der Waals surface area (Å²) in [4.78, 5) is 23.9. The summed E-state index contributed by atoms with van der Waals surface area (Å²) in [6.45, 7) is 4.22. The Bertz CT molecular complexity index is 1150. The van der Waals surface area contributed by atoms with Gasteiger partial charge in [-0.3, -0.25) is 4.79 Å². The fourth-order valence-corrected chi connectivity index (χ4v) is 3.63. The van der Waals surface area contributed by atoms with Crippen molar-refractivity contribution in [2.24, 2.45) is 0 Å². The predicted molar refractivity (Wildman–Crippen MR) is 151 cm³/mol. The van der Waals surface area contributed by atoms with Crippen LogP contribution in [0.15, 0.2) is 78.9 Å². The highest BCUT2D eigenvalue weighted by Gasteiger charge is 2.13. The van der Waals surface area contributed by atoms with Gasteiger partial charge in [-0.25, -0.2) is 4.79 Å². The number of hydrogen-bond acceptors (Lipinski definition) is 6. The number of aromatic hydroxyl groups is 1. The Labute approximate surface area is 225 Å². The second-order valence-corrected chi connectivity index (χ2v) is 8.65. The Hall–Kier alpha value is -4.06. The lowest BCUT2D eigenvalue weighted by Crippen LogP contribution is -2.15. The molecule has 3 aromatic rings. The van der Waals surface area contributed by atoms with Gasteiger partial charge in [0.1, 0.15) is 23.4 Å². The van der Waals surface area contributed by atoms with Crippen LogP contribution < -0.4 is 9.47 Å². The number of hydrogen-bond donors (Lipinski definition) is 1. The predicted octanol–water partition coefficient (Wildman–Crippen LogP) is 7.24. The second-order valence-electron chi connectivity index (χ2n) is 8.65. The number of phenolic OH excluding ortho intramolecular Hbond substituents is 1. The van der Waals surface area contributed by atoms with Crippen LogP contribution >= 0.6 is 0 Å². The van der Waals surface area contributed by atoms with Gasteiger partial charge in [-0.05, 0) is 55.2 Å². The maximum absolute atomic E-state index is 12.1. The molecular formula is C32H38O6. The van der Waals surface area contributed by atoms with Crippen LogP contribution in [0, 0.1) is 0 Å². The molecule has 0 aliphatic rings. The molecule has 0 aliphatic carbocycles. The molecule has 38 heavy (non-hydrogen) atoms. The summed E-state index contributed by atoms with van der Waals surface area (Å²) in [5.74, 6) is 0.780. The summed E-state index contributed by atoms with van der Waals surface area (Å²) in [7, 11) is 3.14. The summed E-state index contributed by atoms with van der Waals surface area (Å²) >= 11 is 0. The third-order valence-corrected chi connectivity index (χ3v) is 5.88. The molecule has 0 aliphatic heterocycles. The number of methoxy groups -OCH3 is 2. The average molecular weight is 519 g/mol. The van der Waals surface area contributed by atoms with E-state index < -0.39 is 0 Å². The van der Waals surface area contributed by atoms with Crippen LogP contribution in [0.25, 0.3) is 6.08 Å². The Balaban J connectivity index is 0.000000272. The van der Waals surface area contributed by atoms with E-state index in [2.05, 4.69) is 13.8 Å². The normalized spacial score (nSPS) is 11.3. The summed E-state index contributed by atoms with van der Waals surface area (Å²) in [5, 5.41) is 9.75. The Kier molecular flexibility index (Phi) is 13.2. The topological polar surface area (TPSA) is 82.1 Å². The van der Waals surface area contributed by atoms with Gasteiger partial charge in [-0.15, -0.1) is 0 Å². The van der Waals surface area contributed by atoms with Crippen molar-refractivity contribution in [1.29, 1.82) is 0 Å². The van der Waals surface area contributed by atoms with Crippen molar-refractivity contribution in [1.82, 2.24) is 0 Å². The molecule has 6 heteroatoms. The van der Waals surface area contributed by atoms with Crippen LogP contribution in [0.2, 0.25) is 0 Å². The zero-order chi connectivity index (χ0) is 27.8. The van der Waals surface area contributed by atoms with Crippen LogP contribution in [0.1, 0.15) is 67.4 Å². The number of carbonyl (C=O) groups excluding carboxylic acids is 2. The van der Waals surface area contributed by atoms with Crippen molar-refractivity contribution in [3.63, 3.8) is 0 Å². The lowest BCUT2D eigenvalue weighted by Gasteiger charge is -2.14. The molecule has 0 radical (unpaired) electrons. The quantitative estimate of drug-likeness (QED) is 0.118.